The number of nitrogens with zero attached hydrogens (tertiary/aromatic N) is 2. The Bertz CT molecular complexity index is 979. The fourth-order valence-electron chi connectivity index (χ4n) is 2.75. The highest BCUT2D eigenvalue weighted by atomic mass is 32.2. The van der Waals surface area contributed by atoms with Gasteiger partial charge in [0.05, 0.1) is 16.7 Å². The Morgan fingerprint density at radius 2 is 1.64 bits per heavy atom. The van der Waals surface area contributed by atoms with Crippen LogP contribution >= 0.6 is 23.1 Å². The van der Waals surface area contributed by atoms with Crippen LogP contribution in [-0.2, 0) is 4.79 Å². The number of benzene rings is 2. The first-order valence-corrected chi connectivity index (χ1v) is 10.6. The predicted octanol–water partition coefficient (Wildman–Crippen LogP) is 4.80. The fourth-order valence-corrected chi connectivity index (χ4v) is 3.97. The lowest BCUT2D eigenvalue weighted by Gasteiger charge is -2.19. The van der Waals surface area contributed by atoms with Crippen LogP contribution in [0.5, 0.6) is 0 Å². The molecule has 4 rings (SSSR count). The van der Waals surface area contributed by atoms with Crippen LogP contribution in [0.1, 0.15) is 17.2 Å². The van der Waals surface area contributed by atoms with Gasteiger partial charge in [-0.2, -0.15) is 0 Å². The van der Waals surface area contributed by atoms with Gasteiger partial charge >= 0.3 is 0 Å². The quantitative estimate of drug-likeness (QED) is 0.446. The van der Waals surface area contributed by atoms with Crippen LogP contribution < -0.4 is 5.32 Å². The van der Waals surface area contributed by atoms with Gasteiger partial charge in [0.2, 0.25) is 5.91 Å². The minimum atomic E-state index is -0.208. The SMILES string of the molecule is O=C(CSc1nnc(-c2cccs2)o1)NC(c1ccccc1)c1ccccc1. The number of carbonyl (C=O) groups is 1. The summed E-state index contributed by atoms with van der Waals surface area (Å²) in [6.45, 7) is 0. The van der Waals surface area contributed by atoms with Gasteiger partial charge in [-0.3, -0.25) is 4.79 Å². The number of thiophene rings is 1. The van der Waals surface area contributed by atoms with Gasteiger partial charge in [0.25, 0.3) is 11.1 Å². The van der Waals surface area contributed by atoms with Crippen LogP contribution in [0.2, 0.25) is 0 Å². The van der Waals surface area contributed by atoms with Gasteiger partial charge in [-0.05, 0) is 22.6 Å². The summed E-state index contributed by atoms with van der Waals surface area (Å²) in [6.07, 6.45) is 0. The average molecular weight is 408 g/mol. The maximum absolute atomic E-state index is 12.6. The summed E-state index contributed by atoms with van der Waals surface area (Å²) >= 11 is 2.76. The molecular formula is C21H17N3O2S2. The minimum absolute atomic E-state index is 0.0985. The van der Waals surface area contributed by atoms with Crippen LogP contribution in [-0.4, -0.2) is 21.9 Å². The lowest BCUT2D eigenvalue weighted by molar-refractivity contribution is -0.119. The highest BCUT2D eigenvalue weighted by Gasteiger charge is 2.18. The number of hydrogen-bond acceptors (Lipinski definition) is 6. The van der Waals surface area contributed by atoms with Gasteiger partial charge < -0.3 is 9.73 Å². The summed E-state index contributed by atoms with van der Waals surface area (Å²) in [5, 5.41) is 13.5. The Morgan fingerprint density at radius 3 is 2.25 bits per heavy atom. The first kappa shape index (κ1) is 18.5. The zero-order chi connectivity index (χ0) is 19.2. The Balaban J connectivity index is 1.42. The lowest BCUT2D eigenvalue weighted by atomic mass is 9.99. The van der Waals surface area contributed by atoms with Gasteiger partial charge in [0, 0.05) is 0 Å². The van der Waals surface area contributed by atoms with Crippen molar-refractivity contribution in [3.63, 3.8) is 0 Å². The average Bonchev–Trinajstić information content (AvgIpc) is 3.43. The molecule has 0 aliphatic carbocycles. The molecule has 2 aromatic carbocycles. The topological polar surface area (TPSA) is 68.0 Å². The van der Waals surface area contributed by atoms with Crippen molar-refractivity contribution in [2.45, 2.75) is 11.3 Å². The molecule has 0 bridgehead atoms. The standard InChI is InChI=1S/C21H17N3O2S2/c25-18(14-28-21-24-23-20(26-21)17-12-7-13-27-17)22-19(15-8-3-1-4-9-15)16-10-5-2-6-11-16/h1-13,19H,14H2,(H,22,25). The maximum atomic E-state index is 12.6. The van der Waals surface area contributed by atoms with Gasteiger partial charge in [-0.1, -0.05) is 78.5 Å². The third-order valence-corrected chi connectivity index (χ3v) is 5.71. The largest absolute Gasteiger partial charge is 0.410 e. The van der Waals surface area contributed by atoms with E-state index in [1.807, 2.05) is 78.2 Å². The molecule has 7 heteroatoms. The smallest absolute Gasteiger partial charge is 0.277 e. The van der Waals surface area contributed by atoms with E-state index in [1.54, 1.807) is 0 Å². The van der Waals surface area contributed by atoms with Gasteiger partial charge in [0.15, 0.2) is 0 Å². The zero-order valence-corrected chi connectivity index (χ0v) is 16.5. The molecule has 140 valence electrons. The molecule has 0 aliphatic heterocycles. The van der Waals surface area contributed by atoms with Crippen molar-refractivity contribution >= 4 is 29.0 Å². The molecule has 1 N–H and O–H groups in total. The summed E-state index contributed by atoms with van der Waals surface area (Å²) < 4.78 is 5.62. The molecule has 1 amide bonds. The second-order valence-corrected chi connectivity index (χ2v) is 7.84. The van der Waals surface area contributed by atoms with E-state index in [4.69, 9.17) is 4.42 Å². The summed E-state index contributed by atoms with van der Waals surface area (Å²) in [7, 11) is 0. The monoisotopic (exact) mass is 407 g/mol. The third kappa shape index (κ3) is 4.49. The summed E-state index contributed by atoms with van der Waals surface area (Å²) in [4.78, 5) is 13.5. The van der Waals surface area contributed by atoms with E-state index in [1.165, 1.54) is 23.1 Å². The number of hydrogen-bond donors (Lipinski definition) is 1. The van der Waals surface area contributed by atoms with Crippen LogP contribution in [0.4, 0.5) is 0 Å². The Morgan fingerprint density at radius 1 is 0.964 bits per heavy atom. The third-order valence-electron chi connectivity index (χ3n) is 4.04. The summed E-state index contributed by atoms with van der Waals surface area (Å²) in [5.74, 6) is 0.574. The summed E-state index contributed by atoms with van der Waals surface area (Å²) in [5.41, 5.74) is 2.06. The highest BCUT2D eigenvalue weighted by Crippen LogP contribution is 2.27. The number of rotatable bonds is 7. The van der Waals surface area contributed by atoms with Crippen molar-refractivity contribution in [3.8, 4) is 10.8 Å². The van der Waals surface area contributed by atoms with Crippen molar-refractivity contribution in [1.29, 1.82) is 0 Å². The van der Waals surface area contributed by atoms with Crippen molar-refractivity contribution in [3.05, 3.63) is 89.3 Å². The van der Waals surface area contributed by atoms with Crippen LogP contribution in [0, 0.1) is 0 Å². The molecule has 0 fully saturated rings. The first-order chi connectivity index (χ1) is 13.8. The van der Waals surface area contributed by atoms with E-state index in [0.717, 1.165) is 16.0 Å². The molecule has 2 heterocycles. The first-order valence-electron chi connectivity index (χ1n) is 8.69. The number of thioether (sulfide) groups is 1. The zero-order valence-electron chi connectivity index (χ0n) is 14.8. The van der Waals surface area contributed by atoms with E-state index in [2.05, 4.69) is 15.5 Å². The molecule has 0 unspecified atom stereocenters. The number of aromatic nitrogens is 2. The van der Waals surface area contributed by atoms with Gasteiger partial charge in [0.1, 0.15) is 0 Å². The molecule has 0 saturated carbocycles. The highest BCUT2D eigenvalue weighted by molar-refractivity contribution is 7.99. The van der Waals surface area contributed by atoms with Crippen molar-refractivity contribution in [1.82, 2.24) is 15.5 Å². The second-order valence-electron chi connectivity index (χ2n) is 5.96. The summed E-state index contributed by atoms with van der Waals surface area (Å²) in [6, 6.07) is 23.5. The molecule has 2 aromatic heterocycles. The van der Waals surface area contributed by atoms with E-state index in [0.29, 0.717) is 11.1 Å². The maximum Gasteiger partial charge on any atom is 0.277 e. The molecule has 0 radical (unpaired) electrons. The minimum Gasteiger partial charge on any atom is -0.410 e. The van der Waals surface area contributed by atoms with Crippen molar-refractivity contribution in [2.24, 2.45) is 0 Å². The van der Waals surface area contributed by atoms with E-state index in [9.17, 15) is 4.79 Å². The Hall–Kier alpha value is -2.90. The Labute approximate surface area is 170 Å². The van der Waals surface area contributed by atoms with Crippen LogP contribution in [0.3, 0.4) is 0 Å². The molecule has 4 aromatic rings. The van der Waals surface area contributed by atoms with Gasteiger partial charge in [-0.25, -0.2) is 0 Å². The second kappa shape index (κ2) is 8.86. The van der Waals surface area contributed by atoms with E-state index >= 15 is 0 Å². The van der Waals surface area contributed by atoms with E-state index < -0.39 is 0 Å². The predicted molar refractivity (Wildman–Crippen MR) is 111 cm³/mol. The number of carbonyl (C=O) groups excluding carboxylic acids is 1. The molecule has 5 nitrogen and oxygen atoms in total. The molecular weight excluding hydrogens is 390 g/mol. The van der Waals surface area contributed by atoms with E-state index in [-0.39, 0.29) is 17.7 Å². The van der Waals surface area contributed by atoms with Crippen LogP contribution in [0.25, 0.3) is 10.8 Å². The van der Waals surface area contributed by atoms with Crippen molar-refractivity contribution in [2.75, 3.05) is 5.75 Å². The Kier molecular flexibility index (Phi) is 5.84. The molecule has 0 saturated heterocycles. The number of amides is 1. The lowest BCUT2D eigenvalue weighted by Crippen LogP contribution is -2.30. The molecule has 28 heavy (non-hydrogen) atoms. The van der Waals surface area contributed by atoms with Crippen molar-refractivity contribution < 1.29 is 9.21 Å². The van der Waals surface area contributed by atoms with Gasteiger partial charge in [-0.15, -0.1) is 21.5 Å². The number of nitrogens with one attached hydrogen (secondary N) is 1. The molecule has 0 spiro atoms. The van der Waals surface area contributed by atoms with Crippen LogP contribution in [0.15, 0.2) is 87.8 Å². The fraction of sp³-hybridized carbons (Fsp3) is 0.0952. The molecule has 0 atom stereocenters. The molecule has 0 aliphatic rings. The normalized spacial score (nSPS) is 10.9.